The summed E-state index contributed by atoms with van der Waals surface area (Å²) in [5, 5.41) is 0. The first kappa shape index (κ1) is 13.5. The highest BCUT2D eigenvalue weighted by Crippen LogP contribution is 2.17. The lowest BCUT2D eigenvalue weighted by atomic mass is 10.1. The Morgan fingerprint density at radius 3 is 2.47 bits per heavy atom. The van der Waals surface area contributed by atoms with E-state index in [1.54, 1.807) is 18.2 Å². The molecule has 4 N–H and O–H groups in total. The van der Waals surface area contributed by atoms with Crippen molar-refractivity contribution < 1.29 is 9.53 Å². The Morgan fingerprint density at radius 1 is 1.35 bits per heavy atom. The van der Waals surface area contributed by atoms with Gasteiger partial charge in [-0.15, -0.1) is 0 Å². The van der Waals surface area contributed by atoms with Gasteiger partial charge in [0.1, 0.15) is 0 Å². The van der Waals surface area contributed by atoms with Crippen LogP contribution in [0.5, 0.6) is 0 Å². The second-order valence-electron chi connectivity index (χ2n) is 4.54. The summed E-state index contributed by atoms with van der Waals surface area (Å²) < 4.78 is 5.67. The molecule has 4 heteroatoms. The number of carbonyl (C=O) groups excluding carboxylic acids is 1. The fourth-order valence-electron chi connectivity index (χ4n) is 1.29. The Bertz CT molecular complexity index is 402. The van der Waals surface area contributed by atoms with E-state index in [9.17, 15) is 4.79 Å². The van der Waals surface area contributed by atoms with Gasteiger partial charge in [0.25, 0.3) is 0 Å². The number of nitrogens with two attached hydrogens (primary N) is 2. The summed E-state index contributed by atoms with van der Waals surface area (Å²) in [5.74, 6) is -0.0131. The molecule has 1 unspecified atom stereocenters. The number of anilines is 1. The highest BCUT2D eigenvalue weighted by Gasteiger charge is 2.09. The summed E-state index contributed by atoms with van der Waals surface area (Å²) in [6.45, 7) is 6.68. The van der Waals surface area contributed by atoms with Gasteiger partial charge in [0.2, 0.25) is 5.91 Å². The molecule has 1 aromatic carbocycles. The van der Waals surface area contributed by atoms with E-state index in [1.807, 2.05) is 6.92 Å². The maximum absolute atomic E-state index is 11.0. The van der Waals surface area contributed by atoms with Crippen molar-refractivity contribution in [2.45, 2.75) is 33.5 Å². The zero-order valence-corrected chi connectivity index (χ0v) is 10.6. The Balaban J connectivity index is 2.70. The number of ether oxygens (including phenoxy) is 1. The minimum atomic E-state index is -0.472. The zero-order valence-electron chi connectivity index (χ0n) is 10.6. The van der Waals surface area contributed by atoms with Crippen LogP contribution in [0.3, 0.4) is 0 Å². The van der Waals surface area contributed by atoms with E-state index < -0.39 is 5.91 Å². The van der Waals surface area contributed by atoms with Crippen LogP contribution in [0.4, 0.5) is 5.69 Å². The van der Waals surface area contributed by atoms with Gasteiger partial charge in [0.05, 0.1) is 12.7 Å². The smallest absolute Gasteiger partial charge is 0.248 e. The molecule has 0 heterocycles. The standard InChI is InChI=1S/C13H20N2O2/c1-8(2)9(3)17-7-11-5-4-10(13(15)16)6-12(11)14/h4-6,8-9H,7,14H2,1-3H3,(H2,15,16). The maximum atomic E-state index is 11.0. The molecule has 1 aromatic rings. The molecule has 4 nitrogen and oxygen atoms in total. The molecule has 0 bridgehead atoms. The molecule has 17 heavy (non-hydrogen) atoms. The lowest BCUT2D eigenvalue weighted by Crippen LogP contribution is -2.16. The Morgan fingerprint density at radius 2 is 2.00 bits per heavy atom. The molecule has 1 amide bonds. The van der Waals surface area contributed by atoms with Crippen LogP contribution in [-0.2, 0) is 11.3 Å². The van der Waals surface area contributed by atoms with Gasteiger partial charge in [-0.25, -0.2) is 0 Å². The SMILES string of the molecule is CC(C)C(C)OCc1ccc(C(N)=O)cc1N. The summed E-state index contributed by atoms with van der Waals surface area (Å²) in [6.07, 6.45) is 0.171. The first-order valence-corrected chi connectivity index (χ1v) is 5.71. The van der Waals surface area contributed by atoms with E-state index in [0.717, 1.165) is 5.56 Å². The molecule has 0 aromatic heterocycles. The van der Waals surface area contributed by atoms with Crippen LogP contribution in [0.15, 0.2) is 18.2 Å². The van der Waals surface area contributed by atoms with Gasteiger partial charge in [-0.2, -0.15) is 0 Å². The minimum absolute atomic E-state index is 0.171. The number of carbonyl (C=O) groups is 1. The van der Waals surface area contributed by atoms with Crippen LogP contribution in [-0.4, -0.2) is 12.0 Å². The number of primary amides is 1. The van der Waals surface area contributed by atoms with Gasteiger partial charge in [-0.3, -0.25) is 4.79 Å². The summed E-state index contributed by atoms with van der Waals surface area (Å²) in [7, 11) is 0. The van der Waals surface area contributed by atoms with Crippen molar-refractivity contribution in [3.05, 3.63) is 29.3 Å². The molecule has 0 aliphatic heterocycles. The van der Waals surface area contributed by atoms with Crippen molar-refractivity contribution in [3.63, 3.8) is 0 Å². The van der Waals surface area contributed by atoms with Gasteiger partial charge in [0, 0.05) is 16.8 Å². The number of nitrogen functional groups attached to an aromatic ring is 1. The Kier molecular flexibility index (Phi) is 4.52. The van der Waals surface area contributed by atoms with Gasteiger partial charge in [-0.1, -0.05) is 19.9 Å². The van der Waals surface area contributed by atoms with Crippen molar-refractivity contribution >= 4 is 11.6 Å². The van der Waals surface area contributed by atoms with E-state index in [-0.39, 0.29) is 6.10 Å². The number of hydrogen-bond donors (Lipinski definition) is 2. The molecule has 0 fully saturated rings. The predicted octanol–water partition coefficient (Wildman–Crippen LogP) is 1.93. The highest BCUT2D eigenvalue weighted by molar-refractivity contribution is 5.93. The number of hydrogen-bond acceptors (Lipinski definition) is 3. The molecule has 0 aliphatic carbocycles. The number of benzene rings is 1. The third-order valence-corrected chi connectivity index (χ3v) is 2.87. The number of rotatable bonds is 5. The Labute approximate surface area is 102 Å². The van der Waals surface area contributed by atoms with Crippen LogP contribution >= 0.6 is 0 Å². The van der Waals surface area contributed by atoms with Crippen molar-refractivity contribution in [2.24, 2.45) is 11.7 Å². The van der Waals surface area contributed by atoms with Crippen molar-refractivity contribution in [1.29, 1.82) is 0 Å². The molecule has 1 rings (SSSR count). The quantitative estimate of drug-likeness (QED) is 0.767. The number of amides is 1. The predicted molar refractivity (Wildman–Crippen MR) is 68.5 cm³/mol. The summed E-state index contributed by atoms with van der Waals surface area (Å²) in [4.78, 5) is 11.0. The molecule has 1 atom stereocenters. The Hall–Kier alpha value is -1.55. The van der Waals surface area contributed by atoms with Crippen molar-refractivity contribution in [2.75, 3.05) is 5.73 Å². The third-order valence-electron chi connectivity index (χ3n) is 2.87. The van der Waals surface area contributed by atoms with E-state index in [1.165, 1.54) is 0 Å². The van der Waals surface area contributed by atoms with E-state index in [0.29, 0.717) is 23.8 Å². The minimum Gasteiger partial charge on any atom is -0.398 e. The average molecular weight is 236 g/mol. The second-order valence-corrected chi connectivity index (χ2v) is 4.54. The van der Waals surface area contributed by atoms with Gasteiger partial charge in [0.15, 0.2) is 0 Å². The van der Waals surface area contributed by atoms with Gasteiger partial charge >= 0.3 is 0 Å². The molecule has 0 saturated carbocycles. The average Bonchev–Trinajstić information content (AvgIpc) is 2.26. The maximum Gasteiger partial charge on any atom is 0.248 e. The van der Waals surface area contributed by atoms with Crippen LogP contribution in [0, 0.1) is 5.92 Å². The van der Waals surface area contributed by atoms with Gasteiger partial charge in [-0.05, 0) is 25.0 Å². The summed E-state index contributed by atoms with van der Waals surface area (Å²) in [6, 6.07) is 5.03. The fourth-order valence-corrected chi connectivity index (χ4v) is 1.29. The summed E-state index contributed by atoms with van der Waals surface area (Å²) >= 11 is 0. The molecule has 0 saturated heterocycles. The molecular weight excluding hydrogens is 216 g/mol. The lowest BCUT2D eigenvalue weighted by Gasteiger charge is -2.17. The first-order chi connectivity index (χ1) is 7.91. The van der Waals surface area contributed by atoms with Crippen LogP contribution in [0.1, 0.15) is 36.7 Å². The zero-order chi connectivity index (χ0) is 13.0. The summed E-state index contributed by atoms with van der Waals surface area (Å²) in [5.41, 5.74) is 12.8. The molecular formula is C13H20N2O2. The molecule has 0 spiro atoms. The third kappa shape index (κ3) is 3.75. The molecule has 94 valence electrons. The highest BCUT2D eigenvalue weighted by atomic mass is 16.5. The van der Waals surface area contributed by atoms with Gasteiger partial charge < -0.3 is 16.2 Å². The van der Waals surface area contributed by atoms with E-state index in [2.05, 4.69) is 13.8 Å². The van der Waals surface area contributed by atoms with Crippen LogP contribution < -0.4 is 11.5 Å². The van der Waals surface area contributed by atoms with E-state index >= 15 is 0 Å². The molecule has 0 aliphatic rings. The topological polar surface area (TPSA) is 78.3 Å². The normalized spacial score (nSPS) is 12.7. The monoisotopic (exact) mass is 236 g/mol. The van der Waals surface area contributed by atoms with Crippen molar-refractivity contribution in [3.8, 4) is 0 Å². The largest absolute Gasteiger partial charge is 0.398 e. The van der Waals surface area contributed by atoms with E-state index in [4.69, 9.17) is 16.2 Å². The van der Waals surface area contributed by atoms with Crippen molar-refractivity contribution in [1.82, 2.24) is 0 Å². The fraction of sp³-hybridized carbons (Fsp3) is 0.462. The first-order valence-electron chi connectivity index (χ1n) is 5.71. The van der Waals surface area contributed by atoms with Crippen LogP contribution in [0.2, 0.25) is 0 Å². The lowest BCUT2D eigenvalue weighted by molar-refractivity contribution is 0.0238. The van der Waals surface area contributed by atoms with Crippen LogP contribution in [0.25, 0.3) is 0 Å². The molecule has 0 radical (unpaired) electrons. The second kappa shape index (κ2) is 5.68.